The zero-order valence-corrected chi connectivity index (χ0v) is 20.7. The number of nitrogens with one attached hydrogen (secondary N) is 1. The molecule has 0 saturated carbocycles. The van der Waals surface area contributed by atoms with Crippen LogP contribution in [0.15, 0.2) is 29.3 Å². The molecule has 30 heavy (non-hydrogen) atoms. The first-order valence-electron chi connectivity index (χ1n) is 10.7. The van der Waals surface area contributed by atoms with Crippen LogP contribution in [0.2, 0.25) is 0 Å². The normalized spacial score (nSPS) is 18.4. The maximum Gasteiger partial charge on any atom is 0.409 e. The second-order valence-corrected chi connectivity index (χ2v) is 8.56. The summed E-state index contributed by atoms with van der Waals surface area (Å²) in [7, 11) is 0. The van der Waals surface area contributed by atoms with Gasteiger partial charge in [0.15, 0.2) is 5.96 Å². The van der Waals surface area contributed by atoms with E-state index in [0.29, 0.717) is 32.2 Å². The lowest BCUT2D eigenvalue weighted by atomic mass is 9.94. The van der Waals surface area contributed by atoms with Gasteiger partial charge < -0.3 is 20.7 Å². The fraction of sp³-hybridized carbons (Fsp3) is 0.636. The van der Waals surface area contributed by atoms with Crippen molar-refractivity contribution in [3.63, 3.8) is 0 Å². The van der Waals surface area contributed by atoms with Gasteiger partial charge in [-0.3, -0.25) is 9.89 Å². The Morgan fingerprint density at radius 3 is 2.57 bits per heavy atom. The zero-order chi connectivity index (χ0) is 20.9. The Morgan fingerprint density at radius 2 is 1.90 bits per heavy atom. The van der Waals surface area contributed by atoms with Crippen molar-refractivity contribution in [1.82, 2.24) is 15.1 Å². The van der Waals surface area contributed by atoms with Gasteiger partial charge >= 0.3 is 6.09 Å². The van der Waals surface area contributed by atoms with Crippen molar-refractivity contribution in [3.8, 4) is 0 Å². The van der Waals surface area contributed by atoms with E-state index >= 15 is 0 Å². The van der Waals surface area contributed by atoms with Gasteiger partial charge in [-0.25, -0.2) is 4.79 Å². The lowest BCUT2D eigenvalue weighted by Gasteiger charge is -2.40. The molecule has 3 N–H and O–H groups in total. The second-order valence-electron chi connectivity index (χ2n) is 8.56. The summed E-state index contributed by atoms with van der Waals surface area (Å²) in [4.78, 5) is 20.7. The van der Waals surface area contributed by atoms with E-state index in [0.717, 1.165) is 32.4 Å². The van der Waals surface area contributed by atoms with Crippen LogP contribution in [0.5, 0.6) is 0 Å². The molecule has 0 unspecified atom stereocenters. The molecule has 2 aliphatic rings. The van der Waals surface area contributed by atoms with Gasteiger partial charge in [-0.2, -0.15) is 0 Å². The Kier molecular flexibility index (Phi) is 9.21. The van der Waals surface area contributed by atoms with Gasteiger partial charge in [-0.1, -0.05) is 24.3 Å². The number of nitrogens with zero attached hydrogens (tertiary/aromatic N) is 3. The second kappa shape index (κ2) is 11.2. The molecule has 0 atom stereocenters. The number of nitrogens with two attached hydrogens (primary N) is 1. The van der Waals surface area contributed by atoms with Crippen molar-refractivity contribution in [2.45, 2.75) is 58.2 Å². The Bertz CT molecular complexity index is 732. The molecule has 1 saturated heterocycles. The SMILES string of the molecule is CCOC(=O)N1CCC(NC(N)=NCC(C)(C)N2CCc3ccccc3C2)CC1.I. The van der Waals surface area contributed by atoms with Crippen LogP contribution >= 0.6 is 24.0 Å². The van der Waals surface area contributed by atoms with E-state index in [1.165, 1.54) is 11.1 Å². The fourth-order valence-corrected chi connectivity index (χ4v) is 4.07. The predicted octanol–water partition coefficient (Wildman–Crippen LogP) is 2.97. The third-order valence-corrected chi connectivity index (χ3v) is 6.00. The summed E-state index contributed by atoms with van der Waals surface area (Å²) in [6.07, 6.45) is 2.55. The van der Waals surface area contributed by atoms with Gasteiger partial charge in [0.1, 0.15) is 0 Å². The van der Waals surface area contributed by atoms with Crippen molar-refractivity contribution in [2.24, 2.45) is 10.7 Å². The summed E-state index contributed by atoms with van der Waals surface area (Å²) in [5, 5.41) is 3.33. The van der Waals surface area contributed by atoms with Gasteiger partial charge in [-0.05, 0) is 51.2 Å². The fourth-order valence-electron chi connectivity index (χ4n) is 4.07. The molecule has 0 aromatic heterocycles. The summed E-state index contributed by atoms with van der Waals surface area (Å²) in [6, 6.07) is 8.93. The molecule has 8 heteroatoms. The molecule has 1 aromatic rings. The lowest BCUT2D eigenvalue weighted by molar-refractivity contribution is 0.0962. The van der Waals surface area contributed by atoms with Crippen molar-refractivity contribution < 1.29 is 9.53 Å². The Labute approximate surface area is 197 Å². The Hall–Kier alpha value is -1.55. The number of benzene rings is 1. The van der Waals surface area contributed by atoms with Crippen LogP contribution in [0.1, 0.15) is 44.7 Å². The third kappa shape index (κ3) is 6.47. The highest BCUT2D eigenvalue weighted by atomic mass is 127. The topological polar surface area (TPSA) is 83.2 Å². The van der Waals surface area contributed by atoms with E-state index in [2.05, 4.69) is 53.3 Å². The highest BCUT2D eigenvalue weighted by Crippen LogP contribution is 2.25. The summed E-state index contributed by atoms with van der Waals surface area (Å²) in [6.45, 7) is 10.7. The van der Waals surface area contributed by atoms with E-state index in [4.69, 9.17) is 10.5 Å². The first kappa shape index (κ1) is 24.7. The Balaban J connectivity index is 0.00000320. The number of hydrogen-bond acceptors (Lipinski definition) is 4. The van der Waals surface area contributed by atoms with E-state index in [1.54, 1.807) is 4.90 Å². The lowest BCUT2D eigenvalue weighted by Crippen LogP contribution is -2.51. The number of amides is 1. The maximum absolute atomic E-state index is 11.8. The molecule has 0 aliphatic carbocycles. The van der Waals surface area contributed by atoms with Crippen molar-refractivity contribution in [2.75, 3.05) is 32.8 Å². The number of hydrogen-bond donors (Lipinski definition) is 2. The molecule has 3 rings (SSSR count). The van der Waals surface area contributed by atoms with Crippen LogP contribution in [0.3, 0.4) is 0 Å². The number of ether oxygens (including phenoxy) is 1. The quantitative estimate of drug-likeness (QED) is 0.348. The summed E-state index contributed by atoms with van der Waals surface area (Å²) < 4.78 is 5.07. The summed E-state index contributed by atoms with van der Waals surface area (Å²) in [5.41, 5.74) is 8.98. The number of carbonyl (C=O) groups is 1. The largest absolute Gasteiger partial charge is 0.450 e. The van der Waals surface area contributed by atoms with Crippen molar-refractivity contribution in [3.05, 3.63) is 35.4 Å². The van der Waals surface area contributed by atoms with Gasteiger partial charge in [0.2, 0.25) is 0 Å². The summed E-state index contributed by atoms with van der Waals surface area (Å²) >= 11 is 0. The standard InChI is InChI=1S/C22H35N5O2.HI/c1-4-29-21(28)26-12-10-19(11-13-26)25-20(23)24-16-22(2,3)27-14-9-17-7-5-6-8-18(17)15-27;/h5-8,19H,4,9-16H2,1-3H3,(H3,23,24,25);1H. The number of halogens is 1. The van der Waals surface area contributed by atoms with Crippen LogP contribution < -0.4 is 11.1 Å². The number of carbonyl (C=O) groups excluding carboxylic acids is 1. The average molecular weight is 529 g/mol. The van der Waals surface area contributed by atoms with Crippen LogP contribution in [-0.4, -0.2) is 66.2 Å². The first-order valence-corrected chi connectivity index (χ1v) is 10.7. The van der Waals surface area contributed by atoms with E-state index in [9.17, 15) is 4.79 Å². The van der Waals surface area contributed by atoms with Gasteiger partial charge in [-0.15, -0.1) is 24.0 Å². The first-order chi connectivity index (χ1) is 13.9. The van der Waals surface area contributed by atoms with Gasteiger partial charge in [0.25, 0.3) is 0 Å². The third-order valence-electron chi connectivity index (χ3n) is 6.00. The molecule has 168 valence electrons. The molecule has 1 aromatic carbocycles. The highest BCUT2D eigenvalue weighted by Gasteiger charge is 2.30. The zero-order valence-electron chi connectivity index (χ0n) is 18.4. The maximum atomic E-state index is 11.8. The molecular formula is C22H36IN5O2. The van der Waals surface area contributed by atoms with Crippen molar-refractivity contribution >= 4 is 36.0 Å². The molecule has 2 aliphatic heterocycles. The number of aliphatic imine (C=N–C) groups is 1. The van der Waals surface area contributed by atoms with E-state index < -0.39 is 0 Å². The molecule has 1 amide bonds. The number of rotatable bonds is 5. The number of guanidine groups is 1. The minimum absolute atomic E-state index is 0. The molecule has 7 nitrogen and oxygen atoms in total. The highest BCUT2D eigenvalue weighted by molar-refractivity contribution is 14.0. The molecular weight excluding hydrogens is 493 g/mol. The monoisotopic (exact) mass is 529 g/mol. The molecule has 0 bridgehead atoms. The minimum atomic E-state index is -0.225. The number of fused-ring (bicyclic) bond motifs is 1. The van der Waals surface area contributed by atoms with Crippen molar-refractivity contribution in [1.29, 1.82) is 0 Å². The molecule has 2 heterocycles. The summed E-state index contributed by atoms with van der Waals surface area (Å²) in [5.74, 6) is 0.491. The van der Waals surface area contributed by atoms with E-state index in [1.807, 2.05) is 6.92 Å². The molecule has 0 radical (unpaired) electrons. The van der Waals surface area contributed by atoms with E-state index in [-0.39, 0.29) is 41.7 Å². The molecule has 1 fully saturated rings. The van der Waals surface area contributed by atoms with Gasteiger partial charge in [0, 0.05) is 37.8 Å². The number of likely N-dealkylation sites (tertiary alicyclic amines) is 1. The predicted molar refractivity (Wildman–Crippen MR) is 131 cm³/mol. The number of piperidine rings is 1. The van der Waals surface area contributed by atoms with Crippen LogP contribution in [0, 0.1) is 0 Å². The minimum Gasteiger partial charge on any atom is -0.450 e. The molecule has 0 spiro atoms. The van der Waals surface area contributed by atoms with Gasteiger partial charge in [0.05, 0.1) is 13.2 Å². The van der Waals surface area contributed by atoms with Crippen LogP contribution in [0.25, 0.3) is 0 Å². The average Bonchev–Trinajstić information content (AvgIpc) is 2.73. The van der Waals surface area contributed by atoms with Crippen LogP contribution in [0.4, 0.5) is 4.79 Å². The smallest absolute Gasteiger partial charge is 0.409 e. The van der Waals surface area contributed by atoms with Crippen LogP contribution in [-0.2, 0) is 17.7 Å². The Morgan fingerprint density at radius 1 is 1.23 bits per heavy atom.